The van der Waals surface area contributed by atoms with Crippen LogP contribution in [0.5, 0.6) is 0 Å². The van der Waals surface area contributed by atoms with Gasteiger partial charge in [0.15, 0.2) is 0 Å². The molecular weight excluding hydrogens is 380 g/mol. The second-order valence-corrected chi connectivity index (χ2v) is 6.76. The number of hydrogen-bond donors (Lipinski definition) is 2. The largest absolute Gasteiger partial charge is 0.460 e. The van der Waals surface area contributed by atoms with Crippen molar-refractivity contribution in [1.82, 2.24) is 5.32 Å². The number of carbonyl (C=O) groups excluding carboxylic acids is 2. The number of para-hydroxylation sites is 1. The molecule has 0 radical (unpaired) electrons. The molecule has 0 saturated heterocycles. The van der Waals surface area contributed by atoms with Crippen LogP contribution < -0.4 is 5.32 Å². The van der Waals surface area contributed by atoms with E-state index in [1.54, 1.807) is 33.8 Å². The summed E-state index contributed by atoms with van der Waals surface area (Å²) in [4.78, 5) is 36.7. The van der Waals surface area contributed by atoms with Crippen LogP contribution in [0.2, 0.25) is 0 Å². The minimum atomic E-state index is -1.06. The molecule has 1 unspecified atom stereocenters. The molecule has 1 aliphatic rings. The Kier molecular flexibility index (Phi) is 7.11. The van der Waals surface area contributed by atoms with Gasteiger partial charge in [0, 0.05) is 23.0 Å². The van der Waals surface area contributed by atoms with E-state index in [0.29, 0.717) is 11.4 Å². The molecule has 1 aliphatic heterocycles. The zero-order valence-corrected chi connectivity index (χ0v) is 16.7. The molecule has 0 aliphatic carbocycles. The average Bonchev–Trinajstić information content (AvgIpc) is 2.64. The molecule has 1 aromatic rings. The monoisotopic (exact) mass is 404 g/mol. The van der Waals surface area contributed by atoms with Gasteiger partial charge in [-0.3, -0.25) is 10.1 Å². The molecule has 0 aromatic heterocycles. The van der Waals surface area contributed by atoms with Crippen molar-refractivity contribution in [3.8, 4) is 0 Å². The van der Waals surface area contributed by atoms with Crippen LogP contribution in [0.15, 0.2) is 46.8 Å². The van der Waals surface area contributed by atoms with Crippen molar-refractivity contribution in [2.45, 2.75) is 39.7 Å². The first-order valence-electron chi connectivity index (χ1n) is 9.09. The van der Waals surface area contributed by atoms with E-state index in [0.717, 1.165) is 0 Å². The predicted molar refractivity (Wildman–Crippen MR) is 104 cm³/mol. The van der Waals surface area contributed by atoms with Crippen LogP contribution in [-0.2, 0) is 19.1 Å². The minimum absolute atomic E-state index is 0.0501. The standard InChI is InChI=1S/C20H24N2O7/c1-11(2)29-20(25)17-13(4)21-12(3)16(19(24)28-10-9-23)18(17)14-7-5-6-8-15(14)22(26)27/h5-8,11,18,21,23H,9-10H2,1-4H3. The van der Waals surface area contributed by atoms with Crippen LogP contribution in [-0.4, -0.2) is 41.3 Å². The lowest BCUT2D eigenvalue weighted by atomic mass is 9.79. The molecular formula is C20H24N2O7. The second kappa shape index (κ2) is 9.33. The molecule has 0 spiro atoms. The van der Waals surface area contributed by atoms with Gasteiger partial charge in [0.2, 0.25) is 0 Å². The van der Waals surface area contributed by atoms with Gasteiger partial charge >= 0.3 is 11.9 Å². The van der Waals surface area contributed by atoms with Crippen molar-refractivity contribution >= 4 is 17.6 Å². The average molecular weight is 404 g/mol. The van der Waals surface area contributed by atoms with Crippen molar-refractivity contribution in [2.75, 3.05) is 13.2 Å². The first-order valence-corrected chi connectivity index (χ1v) is 9.09. The zero-order valence-electron chi connectivity index (χ0n) is 16.7. The quantitative estimate of drug-likeness (QED) is 0.402. The molecule has 1 atom stereocenters. The fraction of sp³-hybridized carbons (Fsp3) is 0.400. The summed E-state index contributed by atoms with van der Waals surface area (Å²) in [7, 11) is 0. The number of nitro groups is 1. The number of aliphatic hydroxyl groups is 1. The normalized spacial score (nSPS) is 16.6. The third-order valence-electron chi connectivity index (χ3n) is 4.31. The highest BCUT2D eigenvalue weighted by Gasteiger charge is 2.41. The van der Waals surface area contributed by atoms with Gasteiger partial charge in [-0.1, -0.05) is 18.2 Å². The van der Waals surface area contributed by atoms with E-state index < -0.39 is 28.9 Å². The SMILES string of the molecule is CC1=C(C(=O)OCCO)C(c2ccccc2[N+](=O)[O-])C(C(=O)OC(C)C)=C(C)N1. The number of allylic oxidation sites excluding steroid dienone is 2. The number of esters is 2. The van der Waals surface area contributed by atoms with Crippen LogP contribution in [0, 0.1) is 10.1 Å². The maximum absolute atomic E-state index is 12.9. The number of carbonyl (C=O) groups is 2. The van der Waals surface area contributed by atoms with Crippen molar-refractivity contribution < 1.29 is 29.1 Å². The smallest absolute Gasteiger partial charge is 0.337 e. The lowest BCUT2D eigenvalue weighted by Gasteiger charge is -2.30. The summed E-state index contributed by atoms with van der Waals surface area (Å²) in [6, 6.07) is 5.91. The summed E-state index contributed by atoms with van der Waals surface area (Å²) in [5.41, 5.74) is 0.903. The van der Waals surface area contributed by atoms with Crippen molar-refractivity contribution in [2.24, 2.45) is 0 Å². The Hall–Kier alpha value is -3.20. The van der Waals surface area contributed by atoms with Crippen LogP contribution in [0.4, 0.5) is 5.69 Å². The maximum atomic E-state index is 12.9. The van der Waals surface area contributed by atoms with Crippen molar-refractivity contribution in [3.05, 3.63) is 62.5 Å². The van der Waals surface area contributed by atoms with Crippen molar-refractivity contribution in [1.29, 1.82) is 0 Å². The van der Waals surface area contributed by atoms with Gasteiger partial charge in [-0.25, -0.2) is 9.59 Å². The number of benzene rings is 1. The number of hydrogen-bond acceptors (Lipinski definition) is 8. The molecule has 9 heteroatoms. The van der Waals surface area contributed by atoms with E-state index in [9.17, 15) is 19.7 Å². The molecule has 0 amide bonds. The van der Waals surface area contributed by atoms with E-state index >= 15 is 0 Å². The highest BCUT2D eigenvalue weighted by atomic mass is 16.6. The van der Waals surface area contributed by atoms with Crippen LogP contribution >= 0.6 is 0 Å². The van der Waals surface area contributed by atoms with Gasteiger partial charge in [-0.15, -0.1) is 0 Å². The van der Waals surface area contributed by atoms with Gasteiger partial charge in [-0.2, -0.15) is 0 Å². The summed E-state index contributed by atoms with van der Waals surface area (Å²) in [5.74, 6) is -2.53. The molecule has 0 saturated carbocycles. The Balaban J connectivity index is 2.71. The summed E-state index contributed by atoms with van der Waals surface area (Å²) >= 11 is 0. The molecule has 156 valence electrons. The third kappa shape index (κ3) is 4.80. The van der Waals surface area contributed by atoms with Crippen LogP contribution in [0.1, 0.15) is 39.2 Å². The molecule has 1 heterocycles. The topological polar surface area (TPSA) is 128 Å². The molecule has 0 bridgehead atoms. The van der Waals surface area contributed by atoms with Gasteiger partial charge in [0.25, 0.3) is 5.69 Å². The number of rotatable bonds is 7. The summed E-state index contributed by atoms with van der Waals surface area (Å²) in [5, 5.41) is 23.6. The fourth-order valence-electron chi connectivity index (χ4n) is 3.24. The Morgan fingerprint density at radius 3 is 2.31 bits per heavy atom. The highest BCUT2D eigenvalue weighted by Crippen LogP contribution is 2.42. The molecule has 2 rings (SSSR count). The lowest BCUT2D eigenvalue weighted by molar-refractivity contribution is -0.385. The van der Waals surface area contributed by atoms with Gasteiger partial charge in [0.1, 0.15) is 6.61 Å². The van der Waals surface area contributed by atoms with E-state index in [2.05, 4.69) is 5.32 Å². The fourth-order valence-corrected chi connectivity index (χ4v) is 3.24. The number of nitrogens with zero attached hydrogens (tertiary/aromatic N) is 1. The Bertz CT molecular complexity index is 887. The number of nitrogens with one attached hydrogen (secondary N) is 1. The van der Waals surface area contributed by atoms with Gasteiger partial charge in [0.05, 0.1) is 34.7 Å². The molecule has 9 nitrogen and oxygen atoms in total. The Morgan fingerprint density at radius 1 is 1.17 bits per heavy atom. The Morgan fingerprint density at radius 2 is 1.76 bits per heavy atom. The van der Waals surface area contributed by atoms with E-state index in [1.165, 1.54) is 18.2 Å². The van der Waals surface area contributed by atoms with E-state index in [-0.39, 0.29) is 35.6 Å². The van der Waals surface area contributed by atoms with Crippen LogP contribution in [0.25, 0.3) is 0 Å². The summed E-state index contributed by atoms with van der Waals surface area (Å²) < 4.78 is 10.4. The second-order valence-electron chi connectivity index (χ2n) is 6.76. The molecule has 2 N–H and O–H groups in total. The predicted octanol–water partition coefficient (Wildman–Crippen LogP) is 2.32. The van der Waals surface area contributed by atoms with Gasteiger partial charge in [-0.05, 0) is 27.7 Å². The first kappa shape index (κ1) is 22.1. The zero-order chi connectivity index (χ0) is 21.7. The summed E-state index contributed by atoms with van der Waals surface area (Å²) in [6.07, 6.45) is -0.425. The number of nitro benzene ring substituents is 1. The number of dihydropyridines is 1. The molecule has 1 aromatic carbocycles. The third-order valence-corrected chi connectivity index (χ3v) is 4.31. The minimum Gasteiger partial charge on any atom is -0.460 e. The lowest BCUT2D eigenvalue weighted by Crippen LogP contribution is -2.33. The first-order chi connectivity index (χ1) is 13.7. The van der Waals surface area contributed by atoms with Crippen LogP contribution in [0.3, 0.4) is 0 Å². The Labute approximate surface area is 168 Å². The number of ether oxygens (including phenoxy) is 2. The maximum Gasteiger partial charge on any atom is 0.337 e. The molecule has 0 fully saturated rings. The van der Waals surface area contributed by atoms with Gasteiger partial charge < -0.3 is 19.9 Å². The summed E-state index contributed by atoms with van der Waals surface area (Å²) in [6.45, 7) is 6.00. The number of aliphatic hydroxyl groups excluding tert-OH is 1. The van der Waals surface area contributed by atoms with E-state index in [4.69, 9.17) is 14.6 Å². The van der Waals surface area contributed by atoms with E-state index in [1.807, 2.05) is 0 Å². The molecule has 29 heavy (non-hydrogen) atoms. The van der Waals surface area contributed by atoms with Crippen molar-refractivity contribution in [3.63, 3.8) is 0 Å². The highest BCUT2D eigenvalue weighted by molar-refractivity contribution is 6.00.